The SMILES string of the molecule is CCC(CS)Cn1cnc2c(C)csc2c1=O. The Morgan fingerprint density at radius 1 is 1.59 bits per heavy atom. The average molecular weight is 268 g/mol. The summed E-state index contributed by atoms with van der Waals surface area (Å²) in [5, 5.41) is 1.99. The third kappa shape index (κ3) is 2.40. The molecule has 2 aromatic rings. The van der Waals surface area contributed by atoms with Crippen molar-refractivity contribution >= 4 is 34.2 Å². The molecule has 0 N–H and O–H groups in total. The van der Waals surface area contributed by atoms with Gasteiger partial charge < -0.3 is 0 Å². The third-order valence-corrected chi connectivity index (χ3v) is 4.61. The Morgan fingerprint density at radius 2 is 2.35 bits per heavy atom. The van der Waals surface area contributed by atoms with E-state index in [4.69, 9.17) is 0 Å². The summed E-state index contributed by atoms with van der Waals surface area (Å²) in [5.41, 5.74) is 2.00. The maximum atomic E-state index is 12.2. The van der Waals surface area contributed by atoms with Crippen molar-refractivity contribution < 1.29 is 0 Å². The second kappa shape index (κ2) is 5.23. The summed E-state index contributed by atoms with van der Waals surface area (Å²) < 4.78 is 2.47. The molecule has 0 spiro atoms. The van der Waals surface area contributed by atoms with E-state index in [1.807, 2.05) is 12.3 Å². The molecule has 17 heavy (non-hydrogen) atoms. The van der Waals surface area contributed by atoms with Gasteiger partial charge in [0.2, 0.25) is 0 Å². The van der Waals surface area contributed by atoms with Crippen molar-refractivity contribution in [2.45, 2.75) is 26.8 Å². The molecule has 0 bridgehead atoms. The molecule has 3 nitrogen and oxygen atoms in total. The average Bonchev–Trinajstić information content (AvgIpc) is 2.71. The highest BCUT2D eigenvalue weighted by molar-refractivity contribution is 7.80. The minimum Gasteiger partial charge on any atom is -0.298 e. The highest BCUT2D eigenvalue weighted by Gasteiger charge is 2.11. The fourth-order valence-electron chi connectivity index (χ4n) is 1.78. The zero-order chi connectivity index (χ0) is 12.4. The predicted molar refractivity (Wildman–Crippen MR) is 76.3 cm³/mol. The zero-order valence-corrected chi connectivity index (χ0v) is 11.7. The number of thiol groups is 1. The molecule has 0 fully saturated rings. The van der Waals surface area contributed by atoms with Crippen LogP contribution in [0.2, 0.25) is 0 Å². The minimum atomic E-state index is 0.0772. The lowest BCUT2D eigenvalue weighted by Gasteiger charge is -2.13. The van der Waals surface area contributed by atoms with Crippen molar-refractivity contribution in [3.05, 3.63) is 27.6 Å². The van der Waals surface area contributed by atoms with E-state index in [9.17, 15) is 4.79 Å². The van der Waals surface area contributed by atoms with Gasteiger partial charge in [-0.15, -0.1) is 11.3 Å². The molecule has 0 radical (unpaired) electrons. The van der Waals surface area contributed by atoms with Crippen LogP contribution in [0.25, 0.3) is 10.2 Å². The molecular weight excluding hydrogens is 252 g/mol. The summed E-state index contributed by atoms with van der Waals surface area (Å²) in [6.45, 7) is 4.81. The summed E-state index contributed by atoms with van der Waals surface area (Å²) in [6, 6.07) is 0. The van der Waals surface area contributed by atoms with Crippen molar-refractivity contribution in [2.75, 3.05) is 5.75 Å². The lowest BCUT2D eigenvalue weighted by molar-refractivity contribution is 0.466. The van der Waals surface area contributed by atoms with Crippen LogP contribution in [0.5, 0.6) is 0 Å². The summed E-state index contributed by atoms with van der Waals surface area (Å²) in [4.78, 5) is 16.6. The molecule has 0 aliphatic rings. The smallest absolute Gasteiger partial charge is 0.271 e. The standard InChI is InChI=1S/C12H16N2OS2/c1-3-9(5-16)4-14-7-13-10-8(2)6-17-11(10)12(14)15/h6-7,9,16H,3-5H2,1-2H3. The van der Waals surface area contributed by atoms with E-state index in [2.05, 4.69) is 24.5 Å². The van der Waals surface area contributed by atoms with Gasteiger partial charge in [0, 0.05) is 6.54 Å². The number of hydrogen-bond donors (Lipinski definition) is 1. The van der Waals surface area contributed by atoms with E-state index >= 15 is 0 Å². The van der Waals surface area contributed by atoms with Crippen LogP contribution < -0.4 is 5.56 Å². The Hall–Kier alpha value is -0.810. The van der Waals surface area contributed by atoms with Crippen LogP contribution in [0.1, 0.15) is 18.9 Å². The van der Waals surface area contributed by atoms with Gasteiger partial charge in [0.15, 0.2) is 0 Å². The Kier molecular flexibility index (Phi) is 3.89. The summed E-state index contributed by atoms with van der Waals surface area (Å²) in [5.74, 6) is 1.22. The molecular formula is C12H16N2OS2. The first kappa shape index (κ1) is 12.6. The number of aryl methyl sites for hydroxylation is 1. The van der Waals surface area contributed by atoms with Crippen molar-refractivity contribution in [3.63, 3.8) is 0 Å². The second-order valence-corrected chi connectivity index (χ2v) is 5.50. The monoisotopic (exact) mass is 268 g/mol. The van der Waals surface area contributed by atoms with Crippen LogP contribution in [0.4, 0.5) is 0 Å². The molecule has 0 aromatic carbocycles. The van der Waals surface area contributed by atoms with Gasteiger partial charge in [-0.25, -0.2) is 4.98 Å². The van der Waals surface area contributed by atoms with Gasteiger partial charge >= 0.3 is 0 Å². The summed E-state index contributed by atoms with van der Waals surface area (Å²) >= 11 is 5.79. The first-order valence-electron chi connectivity index (χ1n) is 5.71. The first-order valence-corrected chi connectivity index (χ1v) is 7.22. The molecule has 0 saturated carbocycles. The predicted octanol–water partition coefficient (Wildman–Crippen LogP) is 2.72. The van der Waals surface area contributed by atoms with Gasteiger partial charge in [-0.1, -0.05) is 13.3 Å². The molecule has 5 heteroatoms. The van der Waals surface area contributed by atoms with Gasteiger partial charge in [0.25, 0.3) is 5.56 Å². The van der Waals surface area contributed by atoms with E-state index in [-0.39, 0.29) is 5.56 Å². The van der Waals surface area contributed by atoms with Crippen molar-refractivity contribution in [2.24, 2.45) is 5.92 Å². The second-order valence-electron chi connectivity index (χ2n) is 4.26. The van der Waals surface area contributed by atoms with E-state index in [1.165, 1.54) is 11.3 Å². The number of aromatic nitrogens is 2. The topological polar surface area (TPSA) is 34.9 Å². The first-order chi connectivity index (χ1) is 8.17. The maximum Gasteiger partial charge on any atom is 0.271 e. The Labute approximate surface area is 110 Å². The highest BCUT2D eigenvalue weighted by atomic mass is 32.1. The number of nitrogens with zero attached hydrogens (tertiary/aromatic N) is 2. The largest absolute Gasteiger partial charge is 0.298 e. The van der Waals surface area contributed by atoms with Gasteiger partial charge in [0.05, 0.1) is 11.8 Å². The fraction of sp³-hybridized carbons (Fsp3) is 0.500. The lowest BCUT2D eigenvalue weighted by Crippen LogP contribution is -2.24. The number of hydrogen-bond acceptors (Lipinski definition) is 4. The zero-order valence-electron chi connectivity index (χ0n) is 10.0. The Balaban J connectivity index is 2.43. The quantitative estimate of drug-likeness (QED) is 0.865. The van der Waals surface area contributed by atoms with Crippen molar-refractivity contribution in [3.8, 4) is 0 Å². The van der Waals surface area contributed by atoms with Crippen molar-refractivity contribution in [1.29, 1.82) is 0 Å². The van der Waals surface area contributed by atoms with Crippen LogP contribution in [0.15, 0.2) is 16.5 Å². The van der Waals surface area contributed by atoms with E-state index < -0.39 is 0 Å². The fourth-order valence-corrected chi connectivity index (χ4v) is 3.11. The van der Waals surface area contributed by atoms with Gasteiger partial charge in [0.1, 0.15) is 4.70 Å². The van der Waals surface area contributed by atoms with Gasteiger partial charge in [-0.3, -0.25) is 9.36 Å². The lowest BCUT2D eigenvalue weighted by atomic mass is 10.1. The van der Waals surface area contributed by atoms with E-state index in [1.54, 1.807) is 10.9 Å². The molecule has 1 atom stereocenters. The van der Waals surface area contributed by atoms with Gasteiger partial charge in [-0.05, 0) is 29.5 Å². The number of fused-ring (bicyclic) bond motifs is 1. The third-order valence-electron chi connectivity index (χ3n) is 3.01. The van der Waals surface area contributed by atoms with Gasteiger partial charge in [-0.2, -0.15) is 12.6 Å². The Bertz CT molecular complexity index is 569. The number of thiophene rings is 1. The molecule has 0 aliphatic carbocycles. The van der Waals surface area contributed by atoms with Crippen molar-refractivity contribution in [1.82, 2.24) is 9.55 Å². The molecule has 0 saturated heterocycles. The summed E-state index contributed by atoms with van der Waals surface area (Å²) in [7, 11) is 0. The Morgan fingerprint density at radius 3 is 3.00 bits per heavy atom. The normalized spacial score (nSPS) is 13.1. The molecule has 1 unspecified atom stereocenters. The minimum absolute atomic E-state index is 0.0772. The molecule has 2 rings (SSSR count). The van der Waals surface area contributed by atoms with E-state index in [0.29, 0.717) is 12.5 Å². The summed E-state index contributed by atoms with van der Waals surface area (Å²) in [6.07, 6.45) is 2.69. The van der Waals surface area contributed by atoms with Crippen LogP contribution >= 0.6 is 24.0 Å². The highest BCUT2D eigenvalue weighted by Crippen LogP contribution is 2.19. The molecule has 0 amide bonds. The molecule has 2 heterocycles. The van der Waals surface area contributed by atoms with E-state index in [0.717, 1.165) is 28.0 Å². The van der Waals surface area contributed by atoms with Crippen LogP contribution in [0, 0.1) is 12.8 Å². The molecule has 0 aliphatic heterocycles. The number of rotatable bonds is 4. The maximum absolute atomic E-state index is 12.2. The van der Waals surface area contributed by atoms with Crippen LogP contribution in [-0.4, -0.2) is 15.3 Å². The van der Waals surface area contributed by atoms with Crippen LogP contribution in [0.3, 0.4) is 0 Å². The molecule has 92 valence electrons. The molecule has 2 aromatic heterocycles. The van der Waals surface area contributed by atoms with Crippen LogP contribution in [-0.2, 0) is 6.54 Å².